The first-order chi connectivity index (χ1) is 18.1. The average Bonchev–Trinajstić information content (AvgIpc) is 3.40. The summed E-state index contributed by atoms with van der Waals surface area (Å²) in [7, 11) is 0. The molecule has 7 heteroatoms. The van der Waals surface area contributed by atoms with E-state index < -0.39 is 6.04 Å². The van der Waals surface area contributed by atoms with Crippen LogP contribution < -0.4 is 4.90 Å². The summed E-state index contributed by atoms with van der Waals surface area (Å²) >= 11 is 0. The van der Waals surface area contributed by atoms with Gasteiger partial charge in [0.15, 0.2) is 0 Å². The summed E-state index contributed by atoms with van der Waals surface area (Å²) in [4.78, 5) is 38.0. The third kappa shape index (κ3) is 4.94. The first-order valence-corrected chi connectivity index (χ1v) is 13.7. The highest BCUT2D eigenvalue weighted by Gasteiger charge is 2.49. The van der Waals surface area contributed by atoms with E-state index in [9.17, 15) is 9.59 Å². The lowest BCUT2D eigenvalue weighted by Crippen LogP contribution is -2.71. The number of imidazole rings is 1. The van der Waals surface area contributed by atoms with Crippen LogP contribution >= 0.6 is 0 Å². The number of carbonyl (C=O) groups excluding carboxylic acids is 2. The number of fused-ring (bicyclic) bond motifs is 2. The summed E-state index contributed by atoms with van der Waals surface area (Å²) in [6, 6.07) is 15.9. The molecule has 2 aliphatic rings. The maximum atomic E-state index is 13.9. The second-order valence-corrected chi connectivity index (χ2v) is 11.9. The Morgan fingerprint density at radius 2 is 1.74 bits per heavy atom. The zero-order valence-corrected chi connectivity index (χ0v) is 23.2. The lowest BCUT2D eigenvalue weighted by atomic mass is 9.86. The number of piperazine rings is 1. The summed E-state index contributed by atoms with van der Waals surface area (Å²) in [5, 5.41) is 0. The number of amides is 2. The Morgan fingerprint density at radius 1 is 1.00 bits per heavy atom. The zero-order chi connectivity index (χ0) is 27.0. The van der Waals surface area contributed by atoms with Gasteiger partial charge in [-0.05, 0) is 41.0 Å². The van der Waals surface area contributed by atoms with Crippen LogP contribution in [-0.2, 0) is 23.3 Å². The average molecular weight is 514 g/mol. The van der Waals surface area contributed by atoms with Crippen LogP contribution in [0.1, 0.15) is 62.5 Å². The van der Waals surface area contributed by atoms with Crippen LogP contribution in [0.2, 0.25) is 0 Å². The highest BCUT2D eigenvalue weighted by molar-refractivity contribution is 6.04. The Hall–Kier alpha value is -3.61. The van der Waals surface area contributed by atoms with Crippen molar-refractivity contribution in [2.45, 2.75) is 71.8 Å². The van der Waals surface area contributed by atoms with Crippen molar-refractivity contribution in [2.75, 3.05) is 18.0 Å². The van der Waals surface area contributed by atoms with Crippen LogP contribution in [0.25, 0.3) is 0 Å². The minimum Gasteiger partial charge on any atom is -0.349 e. The van der Waals surface area contributed by atoms with Gasteiger partial charge >= 0.3 is 0 Å². The molecule has 0 bridgehead atoms. The third-order valence-electron chi connectivity index (χ3n) is 7.81. The Bertz CT molecular complexity index is 1280. The molecule has 1 aromatic heterocycles. The monoisotopic (exact) mass is 513 g/mol. The van der Waals surface area contributed by atoms with Crippen molar-refractivity contribution in [3.05, 3.63) is 83.9 Å². The molecule has 0 aliphatic carbocycles. The molecule has 0 N–H and O–H groups in total. The molecular formula is C31H39N5O2. The topological polar surface area (TPSA) is 61.7 Å². The van der Waals surface area contributed by atoms with Gasteiger partial charge in [-0.1, -0.05) is 71.0 Å². The molecule has 2 aromatic carbocycles. The van der Waals surface area contributed by atoms with E-state index in [-0.39, 0.29) is 29.3 Å². The van der Waals surface area contributed by atoms with Gasteiger partial charge in [0.1, 0.15) is 12.2 Å². The molecule has 0 saturated carbocycles. The summed E-state index contributed by atoms with van der Waals surface area (Å²) in [5.41, 5.74) is 4.09. The Morgan fingerprint density at radius 3 is 2.39 bits per heavy atom. The maximum Gasteiger partial charge on any atom is 0.258 e. The number of anilines is 1. The van der Waals surface area contributed by atoms with Crippen LogP contribution in [0.4, 0.5) is 5.69 Å². The van der Waals surface area contributed by atoms with Gasteiger partial charge in [0.25, 0.3) is 5.91 Å². The molecular weight excluding hydrogens is 474 g/mol. The Balaban J connectivity index is 1.46. The number of hydrogen-bond donors (Lipinski definition) is 0. The smallest absolute Gasteiger partial charge is 0.258 e. The molecule has 3 heterocycles. The second-order valence-electron chi connectivity index (χ2n) is 11.9. The molecule has 2 aliphatic heterocycles. The number of para-hydroxylation sites is 1. The van der Waals surface area contributed by atoms with Gasteiger partial charge in [-0.15, -0.1) is 0 Å². The van der Waals surface area contributed by atoms with E-state index in [1.165, 1.54) is 5.56 Å². The SMILES string of the molecule is CC(C)C1C(=O)N(Cc2ccc(C(C)(C)C)cc2)CC2N(CCCn3ccnc3)c3ccccc3C(=O)N12. The van der Waals surface area contributed by atoms with Crippen LogP contribution in [0, 0.1) is 5.92 Å². The Kier molecular flexibility index (Phi) is 7.03. The van der Waals surface area contributed by atoms with Gasteiger partial charge in [0.2, 0.25) is 5.91 Å². The van der Waals surface area contributed by atoms with E-state index >= 15 is 0 Å². The second kappa shape index (κ2) is 10.3. The molecule has 200 valence electrons. The number of hydrogen-bond acceptors (Lipinski definition) is 4. The molecule has 5 rings (SSSR count). The van der Waals surface area contributed by atoms with Crippen LogP contribution in [0.15, 0.2) is 67.3 Å². The molecule has 38 heavy (non-hydrogen) atoms. The molecule has 0 spiro atoms. The number of carbonyl (C=O) groups is 2. The van der Waals surface area contributed by atoms with E-state index in [2.05, 4.69) is 59.5 Å². The largest absolute Gasteiger partial charge is 0.349 e. The Labute approximate surface area is 226 Å². The standard InChI is InChI=1S/C31H39N5O2/c1-22(2)28-30(38)34(19-23-11-13-24(14-12-23)31(3,4)5)20-27-35(17-8-16-33-18-15-32-21-33)26-10-7-6-9-25(26)29(37)36(27)28/h6-7,9-15,18,21-22,27-28H,8,16-17,19-20H2,1-5H3. The van der Waals surface area contributed by atoms with E-state index in [0.717, 1.165) is 30.8 Å². The third-order valence-corrected chi connectivity index (χ3v) is 7.81. The summed E-state index contributed by atoms with van der Waals surface area (Å²) in [5.74, 6) is -0.0157. The van der Waals surface area contributed by atoms with E-state index in [1.807, 2.05) is 60.4 Å². The molecule has 7 nitrogen and oxygen atoms in total. The van der Waals surface area contributed by atoms with E-state index in [1.54, 1.807) is 6.20 Å². The highest BCUT2D eigenvalue weighted by Crippen LogP contribution is 2.37. The highest BCUT2D eigenvalue weighted by atomic mass is 16.2. The van der Waals surface area contributed by atoms with Crippen LogP contribution in [0.3, 0.4) is 0 Å². The van der Waals surface area contributed by atoms with Crippen LogP contribution in [0.5, 0.6) is 0 Å². The predicted molar refractivity (Wildman–Crippen MR) is 150 cm³/mol. The van der Waals surface area contributed by atoms with Gasteiger partial charge in [-0.2, -0.15) is 0 Å². The molecule has 2 unspecified atom stereocenters. The maximum absolute atomic E-state index is 13.9. The van der Waals surface area contributed by atoms with Gasteiger partial charge in [-0.3, -0.25) is 9.59 Å². The number of nitrogens with zero attached hydrogens (tertiary/aromatic N) is 5. The molecule has 1 fully saturated rings. The van der Waals surface area contributed by atoms with Crippen molar-refractivity contribution in [1.29, 1.82) is 0 Å². The fourth-order valence-electron chi connectivity index (χ4n) is 5.77. The normalized spacial score (nSPS) is 19.7. The van der Waals surface area contributed by atoms with E-state index in [4.69, 9.17) is 0 Å². The number of benzene rings is 2. The number of rotatable bonds is 7. The lowest BCUT2D eigenvalue weighted by molar-refractivity contribution is -0.146. The summed E-state index contributed by atoms with van der Waals surface area (Å²) < 4.78 is 2.08. The van der Waals surface area contributed by atoms with Gasteiger partial charge in [0, 0.05) is 32.0 Å². The van der Waals surface area contributed by atoms with Gasteiger partial charge in [-0.25, -0.2) is 4.98 Å². The van der Waals surface area contributed by atoms with Crippen molar-refractivity contribution < 1.29 is 9.59 Å². The van der Waals surface area contributed by atoms with E-state index in [0.29, 0.717) is 18.7 Å². The predicted octanol–water partition coefficient (Wildman–Crippen LogP) is 4.93. The molecule has 2 amide bonds. The fourth-order valence-corrected chi connectivity index (χ4v) is 5.77. The summed E-state index contributed by atoms with van der Waals surface area (Å²) in [6.07, 6.45) is 6.29. The van der Waals surface area contributed by atoms with Crippen molar-refractivity contribution >= 4 is 17.5 Å². The zero-order valence-electron chi connectivity index (χ0n) is 23.2. The minimum atomic E-state index is -0.500. The van der Waals surface area contributed by atoms with Crippen molar-refractivity contribution in [3.63, 3.8) is 0 Å². The van der Waals surface area contributed by atoms with Crippen molar-refractivity contribution in [3.8, 4) is 0 Å². The molecule has 0 radical (unpaired) electrons. The summed E-state index contributed by atoms with van der Waals surface area (Å²) in [6.45, 7) is 13.3. The van der Waals surface area contributed by atoms with Crippen molar-refractivity contribution in [2.24, 2.45) is 5.92 Å². The first kappa shape index (κ1) is 26.0. The van der Waals surface area contributed by atoms with Crippen LogP contribution in [-0.4, -0.2) is 56.5 Å². The first-order valence-electron chi connectivity index (χ1n) is 13.7. The lowest BCUT2D eigenvalue weighted by Gasteiger charge is -2.54. The van der Waals surface area contributed by atoms with Gasteiger partial charge < -0.3 is 19.3 Å². The van der Waals surface area contributed by atoms with Crippen molar-refractivity contribution in [1.82, 2.24) is 19.4 Å². The number of aryl methyl sites for hydroxylation is 1. The quantitative estimate of drug-likeness (QED) is 0.450. The van der Waals surface area contributed by atoms with Gasteiger partial charge in [0.05, 0.1) is 24.1 Å². The fraction of sp³-hybridized carbons (Fsp3) is 0.452. The number of aromatic nitrogens is 2. The molecule has 1 saturated heterocycles. The molecule has 2 atom stereocenters. The molecule has 3 aromatic rings. The minimum absolute atomic E-state index is 0.00178.